The maximum atomic E-state index is 6.29. The molecular formula is C16H23BrCl2. The largest absolute Gasteiger partial charge is 0.0924 e. The molecule has 0 radical (unpaired) electrons. The van der Waals surface area contributed by atoms with Crippen LogP contribution >= 0.6 is 39.1 Å². The van der Waals surface area contributed by atoms with E-state index < -0.39 is 0 Å². The van der Waals surface area contributed by atoms with Crippen molar-refractivity contribution < 1.29 is 0 Å². The van der Waals surface area contributed by atoms with Gasteiger partial charge < -0.3 is 0 Å². The van der Waals surface area contributed by atoms with Crippen LogP contribution in [0.15, 0.2) is 12.1 Å². The Bertz CT molecular complexity index is 354. The minimum absolute atomic E-state index is 0.813. The minimum atomic E-state index is 0.813. The molecule has 1 rings (SSSR count). The maximum absolute atomic E-state index is 6.29. The molecule has 1 aromatic rings. The molecular weight excluding hydrogens is 343 g/mol. The highest BCUT2D eigenvalue weighted by atomic mass is 79.9. The summed E-state index contributed by atoms with van der Waals surface area (Å²) in [4.78, 5) is 0. The van der Waals surface area contributed by atoms with E-state index in [0.717, 1.165) is 33.8 Å². The molecule has 0 spiro atoms. The van der Waals surface area contributed by atoms with Crippen molar-refractivity contribution in [3.8, 4) is 0 Å². The molecule has 108 valence electrons. The number of halogens is 3. The van der Waals surface area contributed by atoms with Gasteiger partial charge in [0.25, 0.3) is 0 Å². The molecule has 0 bridgehead atoms. The van der Waals surface area contributed by atoms with Crippen LogP contribution in [0.25, 0.3) is 0 Å². The zero-order valence-electron chi connectivity index (χ0n) is 11.7. The monoisotopic (exact) mass is 364 g/mol. The van der Waals surface area contributed by atoms with Crippen LogP contribution in [0.3, 0.4) is 0 Å². The van der Waals surface area contributed by atoms with Crippen molar-refractivity contribution in [3.05, 3.63) is 33.3 Å². The second kappa shape index (κ2) is 10.1. The summed E-state index contributed by atoms with van der Waals surface area (Å²) in [6, 6.07) is 4.16. The number of alkyl halides is 1. The van der Waals surface area contributed by atoms with Crippen LogP contribution in [0.5, 0.6) is 0 Å². The van der Waals surface area contributed by atoms with E-state index in [1.807, 2.05) is 0 Å². The van der Waals surface area contributed by atoms with Crippen LogP contribution in [0.2, 0.25) is 10.0 Å². The molecule has 0 heterocycles. The van der Waals surface area contributed by atoms with Crippen LogP contribution < -0.4 is 0 Å². The number of unbranched alkanes of at least 4 members (excludes halogenated alkanes) is 5. The third-order valence-electron chi connectivity index (χ3n) is 3.36. The van der Waals surface area contributed by atoms with E-state index >= 15 is 0 Å². The lowest BCUT2D eigenvalue weighted by atomic mass is 10.0. The van der Waals surface area contributed by atoms with Gasteiger partial charge in [-0.1, -0.05) is 78.2 Å². The number of rotatable bonds is 9. The first kappa shape index (κ1) is 17.3. The fraction of sp³-hybridized carbons (Fsp3) is 0.625. The SMILES string of the molecule is CCCCCCCCc1cc(Cl)c(CCBr)c(Cl)c1. The van der Waals surface area contributed by atoms with Crippen molar-refractivity contribution in [1.29, 1.82) is 0 Å². The van der Waals surface area contributed by atoms with E-state index in [9.17, 15) is 0 Å². The van der Waals surface area contributed by atoms with Crippen molar-refractivity contribution >= 4 is 39.1 Å². The van der Waals surface area contributed by atoms with Gasteiger partial charge in [-0.15, -0.1) is 0 Å². The first-order chi connectivity index (χ1) is 9.19. The molecule has 0 fully saturated rings. The lowest BCUT2D eigenvalue weighted by molar-refractivity contribution is 0.607. The van der Waals surface area contributed by atoms with Gasteiger partial charge in [-0.3, -0.25) is 0 Å². The maximum Gasteiger partial charge on any atom is 0.0455 e. The molecule has 0 saturated heterocycles. The summed E-state index contributed by atoms with van der Waals surface area (Å²) >= 11 is 16.0. The number of hydrogen-bond donors (Lipinski definition) is 0. The second-order valence-corrected chi connectivity index (χ2v) is 6.60. The van der Waals surface area contributed by atoms with Gasteiger partial charge in [0.1, 0.15) is 0 Å². The van der Waals surface area contributed by atoms with Crippen molar-refractivity contribution in [2.45, 2.75) is 58.3 Å². The topological polar surface area (TPSA) is 0 Å². The van der Waals surface area contributed by atoms with Gasteiger partial charge in [-0.25, -0.2) is 0 Å². The van der Waals surface area contributed by atoms with Crippen molar-refractivity contribution in [2.24, 2.45) is 0 Å². The second-order valence-electron chi connectivity index (χ2n) is 4.99. The molecule has 1 aromatic carbocycles. The van der Waals surface area contributed by atoms with Crippen LogP contribution in [0, 0.1) is 0 Å². The summed E-state index contributed by atoms with van der Waals surface area (Å²) in [5, 5.41) is 2.52. The van der Waals surface area contributed by atoms with E-state index in [1.54, 1.807) is 0 Å². The third-order valence-corrected chi connectivity index (χ3v) is 4.44. The number of aryl methyl sites for hydroxylation is 1. The van der Waals surface area contributed by atoms with Gasteiger partial charge in [0.15, 0.2) is 0 Å². The predicted molar refractivity (Wildman–Crippen MR) is 91.0 cm³/mol. The van der Waals surface area contributed by atoms with E-state index in [0.29, 0.717) is 0 Å². The van der Waals surface area contributed by atoms with Crippen LogP contribution in [-0.4, -0.2) is 5.33 Å². The third kappa shape index (κ3) is 6.51. The molecule has 0 aromatic heterocycles. The molecule has 19 heavy (non-hydrogen) atoms. The summed E-state index contributed by atoms with van der Waals surface area (Å²) in [6.45, 7) is 2.25. The quantitative estimate of drug-likeness (QED) is 0.332. The Balaban J connectivity index is 2.42. The van der Waals surface area contributed by atoms with E-state index in [4.69, 9.17) is 23.2 Å². The predicted octanol–water partition coefficient (Wildman–Crippen LogP) is 6.83. The molecule has 0 unspecified atom stereocenters. The highest BCUT2D eigenvalue weighted by Gasteiger charge is 2.07. The Morgan fingerprint density at radius 1 is 0.895 bits per heavy atom. The average Bonchev–Trinajstić information content (AvgIpc) is 2.38. The van der Waals surface area contributed by atoms with E-state index in [1.165, 1.54) is 44.1 Å². The van der Waals surface area contributed by atoms with Gasteiger partial charge in [0.05, 0.1) is 0 Å². The summed E-state index contributed by atoms with van der Waals surface area (Å²) in [7, 11) is 0. The van der Waals surface area contributed by atoms with Gasteiger partial charge >= 0.3 is 0 Å². The van der Waals surface area contributed by atoms with Crippen LogP contribution in [0.4, 0.5) is 0 Å². The first-order valence-corrected chi connectivity index (χ1v) is 9.09. The number of benzene rings is 1. The fourth-order valence-electron chi connectivity index (χ4n) is 2.24. The van der Waals surface area contributed by atoms with Crippen LogP contribution in [0.1, 0.15) is 56.6 Å². The molecule has 0 saturated carbocycles. The van der Waals surface area contributed by atoms with E-state index in [-0.39, 0.29) is 0 Å². The lowest BCUT2D eigenvalue weighted by Crippen LogP contribution is -1.93. The number of hydrogen-bond acceptors (Lipinski definition) is 0. The lowest BCUT2D eigenvalue weighted by Gasteiger charge is -2.09. The molecule has 0 N–H and O–H groups in total. The summed E-state index contributed by atoms with van der Waals surface area (Å²) in [5.74, 6) is 0. The Hall–Kier alpha value is 0.280. The van der Waals surface area contributed by atoms with Crippen molar-refractivity contribution in [1.82, 2.24) is 0 Å². The normalized spacial score (nSPS) is 10.9. The zero-order chi connectivity index (χ0) is 14.1. The standard InChI is InChI=1S/C16H23BrCl2/c1-2-3-4-5-6-7-8-13-11-15(18)14(9-10-17)16(19)12-13/h11-12H,2-10H2,1H3. The average molecular weight is 366 g/mol. The Morgan fingerprint density at radius 2 is 1.47 bits per heavy atom. The van der Waals surface area contributed by atoms with Crippen LogP contribution in [-0.2, 0) is 12.8 Å². The first-order valence-electron chi connectivity index (χ1n) is 7.21. The Morgan fingerprint density at radius 3 is 2.05 bits per heavy atom. The molecule has 0 nitrogen and oxygen atoms in total. The fourth-order valence-corrected chi connectivity index (χ4v) is 3.36. The minimum Gasteiger partial charge on any atom is -0.0924 e. The molecule has 3 heteroatoms. The highest BCUT2D eigenvalue weighted by Crippen LogP contribution is 2.28. The van der Waals surface area contributed by atoms with Gasteiger partial charge in [0.2, 0.25) is 0 Å². The van der Waals surface area contributed by atoms with Crippen molar-refractivity contribution in [2.75, 3.05) is 5.33 Å². The highest BCUT2D eigenvalue weighted by molar-refractivity contribution is 9.09. The smallest absolute Gasteiger partial charge is 0.0455 e. The summed E-state index contributed by atoms with van der Waals surface area (Å²) in [5.41, 5.74) is 2.33. The Labute approximate surface area is 136 Å². The van der Waals surface area contributed by atoms with Crippen molar-refractivity contribution in [3.63, 3.8) is 0 Å². The molecule has 0 atom stereocenters. The van der Waals surface area contributed by atoms with E-state index in [2.05, 4.69) is 35.0 Å². The van der Waals surface area contributed by atoms with Gasteiger partial charge in [0, 0.05) is 15.4 Å². The molecule has 0 aliphatic carbocycles. The Kier molecular flexibility index (Phi) is 9.19. The summed E-state index contributed by atoms with van der Waals surface area (Å²) < 4.78 is 0. The van der Waals surface area contributed by atoms with Gasteiger partial charge in [-0.2, -0.15) is 0 Å². The van der Waals surface area contributed by atoms with Gasteiger partial charge in [-0.05, 0) is 42.5 Å². The summed E-state index contributed by atoms with van der Waals surface area (Å²) in [6.07, 6.45) is 9.87. The molecule has 0 aliphatic heterocycles. The zero-order valence-corrected chi connectivity index (χ0v) is 14.8. The molecule has 0 aliphatic rings. The molecule has 0 amide bonds.